The average Bonchev–Trinajstić information content (AvgIpc) is 3.18. The van der Waals surface area contributed by atoms with Crippen LogP contribution in [0.15, 0.2) is 41.2 Å². The topological polar surface area (TPSA) is 121 Å². The lowest BCUT2D eigenvalue weighted by Gasteiger charge is -2.09. The van der Waals surface area contributed by atoms with Crippen LogP contribution in [0.5, 0.6) is 5.75 Å². The SMILES string of the molecule is Cl.O=c1[nH]c2c(O)ccc(CCNCCCS(=O)(=O)NCCOCCc3ccc(F)cc3)c2s1. The van der Waals surface area contributed by atoms with Crippen molar-refractivity contribution in [2.24, 2.45) is 0 Å². The number of halogens is 2. The van der Waals surface area contributed by atoms with E-state index in [0.717, 1.165) is 27.2 Å². The number of hydrogen-bond acceptors (Lipinski definition) is 7. The summed E-state index contributed by atoms with van der Waals surface area (Å²) in [6.45, 7) is 2.08. The first kappa shape index (κ1) is 28.2. The fourth-order valence-corrected chi connectivity index (χ4v) is 5.25. The van der Waals surface area contributed by atoms with E-state index < -0.39 is 10.0 Å². The Kier molecular flexibility index (Phi) is 11.4. The van der Waals surface area contributed by atoms with Crippen molar-refractivity contribution >= 4 is 44.0 Å². The summed E-state index contributed by atoms with van der Waals surface area (Å²) in [6.07, 6.45) is 1.76. The van der Waals surface area contributed by atoms with Crippen LogP contribution < -0.4 is 14.9 Å². The molecule has 1 aromatic heterocycles. The number of phenols is 1. The first-order chi connectivity index (χ1) is 15.8. The molecule has 188 valence electrons. The summed E-state index contributed by atoms with van der Waals surface area (Å²) in [6, 6.07) is 9.55. The van der Waals surface area contributed by atoms with Crippen molar-refractivity contribution in [2.45, 2.75) is 19.3 Å². The van der Waals surface area contributed by atoms with Crippen LogP contribution in [0.1, 0.15) is 17.5 Å². The molecule has 0 radical (unpaired) electrons. The molecule has 8 nitrogen and oxygen atoms in total. The van der Waals surface area contributed by atoms with Gasteiger partial charge >= 0.3 is 4.87 Å². The van der Waals surface area contributed by atoms with Crippen LogP contribution in [0.2, 0.25) is 0 Å². The molecule has 0 amide bonds. The number of rotatable bonds is 14. The monoisotopic (exact) mass is 533 g/mol. The Morgan fingerprint density at radius 1 is 1.03 bits per heavy atom. The lowest BCUT2D eigenvalue weighted by molar-refractivity contribution is 0.142. The number of thiazole rings is 1. The van der Waals surface area contributed by atoms with Crippen molar-refractivity contribution in [2.75, 3.05) is 38.6 Å². The van der Waals surface area contributed by atoms with Crippen LogP contribution in [0.4, 0.5) is 4.39 Å². The third-order valence-corrected chi connectivity index (χ3v) is 7.42. The fourth-order valence-electron chi connectivity index (χ4n) is 3.29. The van der Waals surface area contributed by atoms with Crippen LogP contribution in [-0.4, -0.2) is 57.1 Å². The Morgan fingerprint density at radius 3 is 2.56 bits per heavy atom. The zero-order valence-corrected chi connectivity index (χ0v) is 21.0. The molecule has 0 aliphatic carbocycles. The number of aromatic hydroxyl groups is 1. The van der Waals surface area contributed by atoms with E-state index in [2.05, 4.69) is 15.0 Å². The minimum Gasteiger partial charge on any atom is -0.506 e. The summed E-state index contributed by atoms with van der Waals surface area (Å²) in [5, 5.41) is 13.0. The van der Waals surface area contributed by atoms with E-state index in [1.54, 1.807) is 24.3 Å². The second-order valence-electron chi connectivity index (χ2n) is 7.52. The Balaban J connectivity index is 0.00000408. The minimum atomic E-state index is -3.37. The van der Waals surface area contributed by atoms with Crippen LogP contribution in [0.3, 0.4) is 0 Å². The summed E-state index contributed by atoms with van der Waals surface area (Å²) < 4.78 is 45.7. The molecule has 0 bridgehead atoms. The van der Waals surface area contributed by atoms with Gasteiger partial charge in [0.2, 0.25) is 10.0 Å². The molecule has 0 atom stereocenters. The van der Waals surface area contributed by atoms with Gasteiger partial charge in [-0.1, -0.05) is 29.5 Å². The van der Waals surface area contributed by atoms with Crippen molar-refractivity contribution in [3.05, 3.63) is 63.0 Å². The highest BCUT2D eigenvalue weighted by Gasteiger charge is 2.11. The normalized spacial score (nSPS) is 11.6. The number of aromatic amines is 1. The van der Waals surface area contributed by atoms with Crippen molar-refractivity contribution in [1.82, 2.24) is 15.0 Å². The van der Waals surface area contributed by atoms with E-state index >= 15 is 0 Å². The Labute approximate surface area is 208 Å². The molecule has 0 saturated heterocycles. The van der Waals surface area contributed by atoms with Crippen molar-refractivity contribution < 1.29 is 22.7 Å². The Bertz CT molecular complexity index is 1200. The molecule has 0 spiro atoms. The first-order valence-corrected chi connectivity index (χ1v) is 13.1. The summed E-state index contributed by atoms with van der Waals surface area (Å²) in [4.78, 5) is 14.0. The highest BCUT2D eigenvalue weighted by molar-refractivity contribution is 7.89. The molecule has 0 fully saturated rings. The lowest BCUT2D eigenvalue weighted by atomic mass is 10.1. The van der Waals surface area contributed by atoms with E-state index in [4.69, 9.17) is 4.74 Å². The predicted molar refractivity (Wildman–Crippen MR) is 135 cm³/mol. The number of ether oxygens (including phenoxy) is 1. The summed E-state index contributed by atoms with van der Waals surface area (Å²) in [5.41, 5.74) is 2.37. The van der Waals surface area contributed by atoms with Gasteiger partial charge in [0.05, 0.1) is 23.7 Å². The Morgan fingerprint density at radius 2 is 1.79 bits per heavy atom. The van der Waals surface area contributed by atoms with Gasteiger partial charge in [-0.2, -0.15) is 0 Å². The van der Waals surface area contributed by atoms with Gasteiger partial charge in [0.25, 0.3) is 0 Å². The smallest absolute Gasteiger partial charge is 0.305 e. The van der Waals surface area contributed by atoms with Crippen molar-refractivity contribution in [3.8, 4) is 5.75 Å². The zero-order valence-electron chi connectivity index (χ0n) is 18.5. The van der Waals surface area contributed by atoms with E-state index in [1.165, 1.54) is 12.1 Å². The fraction of sp³-hybridized carbons (Fsp3) is 0.409. The molecule has 2 aromatic carbocycles. The average molecular weight is 534 g/mol. The van der Waals surface area contributed by atoms with Gasteiger partial charge in [-0.3, -0.25) is 4.79 Å². The number of benzene rings is 2. The summed E-state index contributed by atoms with van der Waals surface area (Å²) in [5.74, 6) is -0.214. The Hall–Kier alpha value is -2.02. The standard InChI is InChI=1S/C22H28FN3O5S2.ClH/c23-18-5-2-16(3-6-18)9-13-31-14-12-25-33(29,30)15-1-10-24-11-8-17-4-7-19(27)20-21(17)32-22(28)26-20;/h2-7,24-25,27H,1,8-15H2,(H,26,28);1H. The molecule has 3 aromatic rings. The zero-order chi connectivity index (χ0) is 23.7. The van der Waals surface area contributed by atoms with Gasteiger partial charge in [-0.05, 0) is 61.7 Å². The first-order valence-electron chi connectivity index (χ1n) is 10.7. The highest BCUT2D eigenvalue weighted by atomic mass is 35.5. The third-order valence-electron chi connectivity index (χ3n) is 4.99. The highest BCUT2D eigenvalue weighted by Crippen LogP contribution is 2.27. The second kappa shape index (κ2) is 13.8. The van der Waals surface area contributed by atoms with Crippen molar-refractivity contribution in [3.63, 3.8) is 0 Å². The number of phenolic OH excluding ortho intramolecular Hbond substituents is 1. The molecule has 4 N–H and O–H groups in total. The maximum Gasteiger partial charge on any atom is 0.305 e. The molecule has 3 rings (SSSR count). The van der Waals surface area contributed by atoms with Crippen LogP contribution >= 0.6 is 23.7 Å². The molecule has 12 heteroatoms. The van der Waals surface area contributed by atoms with Gasteiger partial charge in [-0.15, -0.1) is 12.4 Å². The molecule has 0 unspecified atom stereocenters. The van der Waals surface area contributed by atoms with Crippen LogP contribution in [0, 0.1) is 5.82 Å². The predicted octanol–water partition coefficient (Wildman–Crippen LogP) is 2.56. The number of H-pyrrole nitrogens is 1. The maximum absolute atomic E-state index is 12.9. The number of nitrogens with one attached hydrogen (secondary N) is 3. The number of fused-ring (bicyclic) bond motifs is 1. The molecule has 1 heterocycles. The molecule has 0 aliphatic heterocycles. The van der Waals surface area contributed by atoms with E-state index in [-0.39, 0.29) is 47.8 Å². The largest absolute Gasteiger partial charge is 0.506 e. The molecule has 0 aliphatic rings. The van der Waals surface area contributed by atoms with Crippen LogP contribution in [0.25, 0.3) is 10.2 Å². The third kappa shape index (κ3) is 8.97. The van der Waals surface area contributed by atoms with Gasteiger partial charge < -0.3 is 20.1 Å². The lowest BCUT2D eigenvalue weighted by Crippen LogP contribution is -2.31. The van der Waals surface area contributed by atoms with E-state index in [1.807, 2.05) is 0 Å². The number of sulfonamides is 1. The van der Waals surface area contributed by atoms with Crippen LogP contribution in [-0.2, 0) is 27.6 Å². The van der Waals surface area contributed by atoms with E-state index in [0.29, 0.717) is 44.5 Å². The number of aromatic nitrogens is 1. The molecular formula is C22H29ClFN3O5S2. The molecule has 0 saturated carbocycles. The molecule has 34 heavy (non-hydrogen) atoms. The summed E-state index contributed by atoms with van der Waals surface area (Å²) in [7, 11) is -3.37. The maximum atomic E-state index is 12.9. The van der Waals surface area contributed by atoms with Gasteiger partial charge in [-0.25, -0.2) is 17.5 Å². The van der Waals surface area contributed by atoms with Gasteiger partial charge in [0.1, 0.15) is 17.1 Å². The molecular weight excluding hydrogens is 505 g/mol. The minimum absolute atomic E-state index is 0. The second-order valence-corrected chi connectivity index (χ2v) is 10.4. The van der Waals surface area contributed by atoms with Gasteiger partial charge in [0.15, 0.2) is 0 Å². The van der Waals surface area contributed by atoms with E-state index in [9.17, 15) is 22.7 Å². The quantitative estimate of drug-likeness (QED) is 0.236. The van der Waals surface area contributed by atoms with Gasteiger partial charge in [0, 0.05) is 6.54 Å². The van der Waals surface area contributed by atoms with Crippen molar-refractivity contribution in [1.29, 1.82) is 0 Å². The number of hydrogen-bond donors (Lipinski definition) is 4. The summed E-state index contributed by atoms with van der Waals surface area (Å²) >= 11 is 1.07.